The maximum atomic E-state index is 13.0. The SMILES string of the molecule is CC[C@H](C)[C@@H](C(=O)Nc1ccc(I)cc1)N1C(=O)c2ccccc2C1=O. The normalized spacial score (nSPS) is 15.6. The number of amides is 3. The average Bonchev–Trinajstić information content (AvgIpc) is 2.89. The fourth-order valence-electron chi connectivity index (χ4n) is 3.06. The maximum Gasteiger partial charge on any atom is 0.262 e. The molecule has 0 aliphatic carbocycles. The molecule has 1 heterocycles. The molecule has 0 radical (unpaired) electrons. The van der Waals surface area contributed by atoms with E-state index in [2.05, 4.69) is 27.9 Å². The van der Waals surface area contributed by atoms with Gasteiger partial charge in [-0.3, -0.25) is 19.3 Å². The lowest BCUT2D eigenvalue weighted by molar-refractivity contribution is -0.121. The molecule has 2 aromatic rings. The number of carbonyl (C=O) groups excluding carboxylic acids is 3. The van der Waals surface area contributed by atoms with Gasteiger partial charge in [0.2, 0.25) is 5.91 Å². The first-order valence-corrected chi connectivity index (χ1v) is 9.55. The first-order valence-electron chi connectivity index (χ1n) is 8.47. The Kier molecular flexibility index (Phi) is 5.41. The van der Waals surface area contributed by atoms with Gasteiger partial charge < -0.3 is 5.32 Å². The zero-order valence-corrected chi connectivity index (χ0v) is 16.7. The Balaban J connectivity index is 1.92. The molecule has 0 saturated carbocycles. The second kappa shape index (κ2) is 7.57. The molecule has 1 aliphatic rings. The number of rotatable bonds is 5. The molecule has 2 atom stereocenters. The lowest BCUT2D eigenvalue weighted by atomic mass is 9.96. The van der Waals surface area contributed by atoms with Gasteiger partial charge >= 0.3 is 0 Å². The van der Waals surface area contributed by atoms with E-state index in [1.54, 1.807) is 36.4 Å². The number of nitrogens with one attached hydrogen (secondary N) is 1. The molecule has 1 aliphatic heterocycles. The van der Waals surface area contributed by atoms with Crippen LogP contribution in [-0.4, -0.2) is 28.7 Å². The summed E-state index contributed by atoms with van der Waals surface area (Å²) in [7, 11) is 0. The molecule has 134 valence electrons. The Morgan fingerprint density at radius 1 is 1.04 bits per heavy atom. The lowest BCUT2D eigenvalue weighted by Gasteiger charge is -2.29. The van der Waals surface area contributed by atoms with E-state index in [9.17, 15) is 14.4 Å². The summed E-state index contributed by atoms with van der Waals surface area (Å²) >= 11 is 2.19. The van der Waals surface area contributed by atoms with Gasteiger partial charge in [0, 0.05) is 9.26 Å². The summed E-state index contributed by atoms with van der Waals surface area (Å²) in [4.78, 5) is 39.7. The highest BCUT2D eigenvalue weighted by Crippen LogP contribution is 2.28. The summed E-state index contributed by atoms with van der Waals surface area (Å²) in [5.74, 6) is -1.33. The number of carbonyl (C=O) groups is 3. The van der Waals surface area contributed by atoms with Gasteiger partial charge in [0.05, 0.1) is 11.1 Å². The first-order chi connectivity index (χ1) is 12.4. The average molecular weight is 462 g/mol. The predicted molar refractivity (Wildman–Crippen MR) is 108 cm³/mol. The van der Waals surface area contributed by atoms with E-state index in [1.807, 2.05) is 26.0 Å². The highest BCUT2D eigenvalue weighted by molar-refractivity contribution is 14.1. The van der Waals surface area contributed by atoms with Gasteiger partial charge in [-0.2, -0.15) is 0 Å². The molecule has 0 bridgehead atoms. The number of nitrogens with zero attached hydrogens (tertiary/aromatic N) is 1. The van der Waals surface area contributed by atoms with Gasteiger partial charge in [0.1, 0.15) is 6.04 Å². The van der Waals surface area contributed by atoms with Crippen LogP contribution in [0.3, 0.4) is 0 Å². The van der Waals surface area contributed by atoms with E-state index < -0.39 is 17.9 Å². The summed E-state index contributed by atoms with van der Waals surface area (Å²) in [6.45, 7) is 3.82. The summed E-state index contributed by atoms with van der Waals surface area (Å²) in [6.07, 6.45) is 0.665. The van der Waals surface area contributed by atoms with E-state index in [4.69, 9.17) is 0 Å². The summed E-state index contributed by atoms with van der Waals surface area (Å²) in [6, 6.07) is 13.2. The van der Waals surface area contributed by atoms with Gasteiger partial charge in [0.15, 0.2) is 0 Å². The largest absolute Gasteiger partial charge is 0.324 e. The molecule has 0 fully saturated rings. The van der Waals surface area contributed by atoms with E-state index in [0.29, 0.717) is 23.2 Å². The van der Waals surface area contributed by atoms with Crippen molar-refractivity contribution >= 4 is 46.0 Å². The van der Waals surface area contributed by atoms with E-state index in [0.717, 1.165) is 8.47 Å². The minimum absolute atomic E-state index is 0.166. The summed E-state index contributed by atoms with van der Waals surface area (Å²) in [5.41, 5.74) is 1.35. The predicted octanol–water partition coefficient (Wildman–Crippen LogP) is 3.94. The summed E-state index contributed by atoms with van der Waals surface area (Å²) < 4.78 is 1.06. The third-order valence-corrected chi connectivity index (χ3v) is 5.39. The third kappa shape index (κ3) is 3.38. The molecule has 1 N–H and O–H groups in total. The number of anilines is 1. The molecule has 0 spiro atoms. The van der Waals surface area contributed by atoms with Crippen LogP contribution in [0.1, 0.15) is 41.0 Å². The van der Waals surface area contributed by atoms with E-state index in [1.165, 1.54) is 0 Å². The summed E-state index contributed by atoms with van der Waals surface area (Å²) in [5, 5.41) is 2.84. The number of hydrogen-bond donors (Lipinski definition) is 1. The monoisotopic (exact) mass is 462 g/mol. The molecule has 0 saturated heterocycles. The van der Waals surface area contributed by atoms with Crippen molar-refractivity contribution in [2.45, 2.75) is 26.3 Å². The molecule has 6 heteroatoms. The number of hydrogen-bond acceptors (Lipinski definition) is 3. The number of fused-ring (bicyclic) bond motifs is 1. The zero-order valence-electron chi connectivity index (χ0n) is 14.5. The van der Waals surface area contributed by atoms with Crippen LogP contribution in [0.5, 0.6) is 0 Å². The topological polar surface area (TPSA) is 66.5 Å². The zero-order chi connectivity index (χ0) is 18.8. The van der Waals surface area contributed by atoms with Crippen LogP contribution >= 0.6 is 22.6 Å². The Labute approximate surface area is 165 Å². The van der Waals surface area contributed by atoms with Crippen LogP contribution < -0.4 is 5.32 Å². The van der Waals surface area contributed by atoms with Crippen molar-refractivity contribution in [3.8, 4) is 0 Å². The van der Waals surface area contributed by atoms with Gasteiger partial charge in [0.25, 0.3) is 11.8 Å². The third-order valence-electron chi connectivity index (χ3n) is 4.67. The van der Waals surface area contributed by atoms with Gasteiger partial charge in [-0.05, 0) is 64.9 Å². The Morgan fingerprint density at radius 3 is 2.08 bits per heavy atom. The van der Waals surface area contributed by atoms with Crippen molar-refractivity contribution in [3.63, 3.8) is 0 Å². The van der Waals surface area contributed by atoms with Crippen LogP contribution in [-0.2, 0) is 4.79 Å². The highest BCUT2D eigenvalue weighted by atomic mass is 127. The van der Waals surface area contributed by atoms with Crippen molar-refractivity contribution in [2.24, 2.45) is 5.92 Å². The van der Waals surface area contributed by atoms with Crippen molar-refractivity contribution in [3.05, 3.63) is 63.2 Å². The fraction of sp³-hybridized carbons (Fsp3) is 0.250. The van der Waals surface area contributed by atoms with Crippen LogP contribution in [0.25, 0.3) is 0 Å². The second-order valence-electron chi connectivity index (χ2n) is 6.35. The minimum Gasteiger partial charge on any atom is -0.324 e. The Bertz CT molecular complexity index is 829. The van der Waals surface area contributed by atoms with Crippen LogP contribution in [0, 0.1) is 9.49 Å². The highest BCUT2D eigenvalue weighted by Gasteiger charge is 2.44. The fourth-order valence-corrected chi connectivity index (χ4v) is 3.42. The lowest BCUT2D eigenvalue weighted by Crippen LogP contribution is -2.50. The minimum atomic E-state index is -0.855. The smallest absolute Gasteiger partial charge is 0.262 e. The van der Waals surface area contributed by atoms with Crippen LogP contribution in [0.4, 0.5) is 5.69 Å². The van der Waals surface area contributed by atoms with Gasteiger partial charge in [-0.15, -0.1) is 0 Å². The maximum absolute atomic E-state index is 13.0. The molecule has 0 aromatic heterocycles. The number of halogens is 1. The molecular formula is C20H19IN2O3. The Hall–Kier alpha value is -2.22. The van der Waals surface area contributed by atoms with E-state index in [-0.39, 0.29) is 11.8 Å². The van der Waals surface area contributed by atoms with Crippen molar-refractivity contribution in [1.29, 1.82) is 0 Å². The first kappa shape index (κ1) is 18.6. The standard InChI is InChI=1S/C20H19IN2O3/c1-3-12(2)17(18(24)22-14-10-8-13(21)9-11-14)23-19(25)15-6-4-5-7-16(15)20(23)26/h4-12,17H,3H2,1-2H3,(H,22,24)/t12-,17-/m0/s1. The van der Waals surface area contributed by atoms with Crippen molar-refractivity contribution in [1.82, 2.24) is 4.90 Å². The molecule has 2 aromatic carbocycles. The van der Waals surface area contributed by atoms with Crippen LogP contribution in [0.15, 0.2) is 48.5 Å². The number of benzene rings is 2. The van der Waals surface area contributed by atoms with Crippen molar-refractivity contribution in [2.75, 3.05) is 5.32 Å². The van der Waals surface area contributed by atoms with E-state index >= 15 is 0 Å². The molecule has 5 nitrogen and oxygen atoms in total. The van der Waals surface area contributed by atoms with Crippen molar-refractivity contribution < 1.29 is 14.4 Å². The molecule has 26 heavy (non-hydrogen) atoms. The molecular weight excluding hydrogens is 443 g/mol. The second-order valence-corrected chi connectivity index (χ2v) is 7.60. The van der Waals surface area contributed by atoms with Gasteiger partial charge in [-0.1, -0.05) is 32.4 Å². The van der Waals surface area contributed by atoms with Gasteiger partial charge in [-0.25, -0.2) is 0 Å². The Morgan fingerprint density at radius 2 is 1.58 bits per heavy atom. The quantitative estimate of drug-likeness (QED) is 0.541. The number of imide groups is 1. The molecule has 0 unspecified atom stereocenters. The molecule has 3 rings (SSSR count). The molecule has 3 amide bonds. The van der Waals surface area contributed by atoms with Crippen LogP contribution in [0.2, 0.25) is 0 Å².